The second-order valence-corrected chi connectivity index (χ2v) is 3.38. The minimum atomic E-state index is -0.911. The van der Waals surface area contributed by atoms with E-state index in [9.17, 15) is 5.11 Å². The first-order valence-electron chi connectivity index (χ1n) is 3.93. The first-order chi connectivity index (χ1) is 5.52. The zero-order chi connectivity index (χ0) is 9.19. The minimum absolute atomic E-state index is 0.781. The molecule has 0 amide bonds. The highest BCUT2D eigenvalue weighted by Crippen LogP contribution is 2.23. The van der Waals surface area contributed by atoms with Crippen molar-refractivity contribution in [2.45, 2.75) is 26.4 Å². The van der Waals surface area contributed by atoms with Crippen LogP contribution in [0.5, 0.6) is 0 Å². The molecule has 0 bridgehead atoms. The second kappa shape index (κ2) is 3.15. The molecule has 1 atom stereocenters. The Morgan fingerprint density at radius 1 is 1.58 bits per heavy atom. The van der Waals surface area contributed by atoms with Crippen LogP contribution < -0.4 is 0 Å². The Hall–Kier alpha value is -1.02. The van der Waals surface area contributed by atoms with Gasteiger partial charge in [-0.3, -0.25) is 0 Å². The lowest BCUT2D eigenvalue weighted by atomic mass is 9.97. The molecule has 0 saturated heterocycles. The standard InChI is InChI=1S/C10H14O2/c1-8(2)6-10(3,11)9-4-5-12-7-9/h4-7,11H,1-3H3. The third-order valence-corrected chi connectivity index (χ3v) is 1.68. The van der Waals surface area contributed by atoms with Gasteiger partial charge in [-0.15, -0.1) is 0 Å². The summed E-state index contributed by atoms with van der Waals surface area (Å²) >= 11 is 0. The summed E-state index contributed by atoms with van der Waals surface area (Å²) in [7, 11) is 0. The summed E-state index contributed by atoms with van der Waals surface area (Å²) in [5, 5.41) is 9.91. The van der Waals surface area contributed by atoms with E-state index in [-0.39, 0.29) is 0 Å². The topological polar surface area (TPSA) is 33.4 Å². The van der Waals surface area contributed by atoms with Crippen molar-refractivity contribution in [2.24, 2.45) is 0 Å². The van der Waals surface area contributed by atoms with Gasteiger partial charge in [-0.2, -0.15) is 0 Å². The van der Waals surface area contributed by atoms with Gasteiger partial charge in [-0.05, 0) is 26.8 Å². The van der Waals surface area contributed by atoms with Crippen molar-refractivity contribution in [1.29, 1.82) is 0 Å². The molecule has 0 spiro atoms. The molecule has 1 aromatic rings. The molecule has 1 aromatic heterocycles. The highest BCUT2D eigenvalue weighted by Gasteiger charge is 2.20. The van der Waals surface area contributed by atoms with E-state index in [0.717, 1.165) is 11.1 Å². The molecule has 66 valence electrons. The third kappa shape index (κ3) is 1.98. The number of furan rings is 1. The van der Waals surface area contributed by atoms with Crippen molar-refractivity contribution in [1.82, 2.24) is 0 Å². The normalized spacial score (nSPS) is 15.3. The molecule has 1 unspecified atom stereocenters. The minimum Gasteiger partial charge on any atom is -0.472 e. The van der Waals surface area contributed by atoms with E-state index in [1.807, 2.05) is 13.8 Å². The molecule has 0 aliphatic heterocycles. The van der Waals surface area contributed by atoms with Gasteiger partial charge in [0.05, 0.1) is 12.5 Å². The van der Waals surface area contributed by atoms with Crippen molar-refractivity contribution in [3.63, 3.8) is 0 Å². The molecule has 1 N–H and O–H groups in total. The molecule has 1 heterocycles. The Labute approximate surface area is 72.5 Å². The average molecular weight is 166 g/mol. The van der Waals surface area contributed by atoms with Crippen LogP contribution in [0.2, 0.25) is 0 Å². The molecule has 0 aromatic carbocycles. The first kappa shape index (κ1) is 9.07. The van der Waals surface area contributed by atoms with E-state index in [1.54, 1.807) is 31.6 Å². The van der Waals surface area contributed by atoms with Crippen molar-refractivity contribution in [3.05, 3.63) is 35.8 Å². The van der Waals surface area contributed by atoms with Crippen LogP contribution >= 0.6 is 0 Å². The predicted octanol–water partition coefficient (Wildman–Crippen LogP) is 2.45. The molecule has 0 aliphatic carbocycles. The maximum Gasteiger partial charge on any atom is 0.108 e. The SMILES string of the molecule is CC(C)=CC(C)(O)c1ccoc1. The van der Waals surface area contributed by atoms with Crippen LogP contribution in [0, 0.1) is 0 Å². The van der Waals surface area contributed by atoms with Crippen LogP contribution in [0.1, 0.15) is 26.3 Å². The van der Waals surface area contributed by atoms with E-state index in [0.29, 0.717) is 0 Å². The predicted molar refractivity (Wildman–Crippen MR) is 47.7 cm³/mol. The van der Waals surface area contributed by atoms with Gasteiger partial charge in [0.2, 0.25) is 0 Å². The molecule has 2 nitrogen and oxygen atoms in total. The van der Waals surface area contributed by atoms with Gasteiger partial charge in [0.15, 0.2) is 0 Å². The fourth-order valence-corrected chi connectivity index (χ4v) is 1.20. The molecule has 2 heteroatoms. The molecule has 0 fully saturated rings. The van der Waals surface area contributed by atoms with Gasteiger partial charge in [-0.1, -0.05) is 11.6 Å². The van der Waals surface area contributed by atoms with Crippen molar-refractivity contribution < 1.29 is 9.52 Å². The summed E-state index contributed by atoms with van der Waals surface area (Å²) in [6.07, 6.45) is 4.92. The molecule has 0 saturated carbocycles. The molecular weight excluding hydrogens is 152 g/mol. The largest absolute Gasteiger partial charge is 0.472 e. The van der Waals surface area contributed by atoms with Crippen LogP contribution in [0.15, 0.2) is 34.7 Å². The van der Waals surface area contributed by atoms with Gasteiger partial charge in [0, 0.05) is 5.56 Å². The van der Waals surface area contributed by atoms with E-state index >= 15 is 0 Å². The molecule has 12 heavy (non-hydrogen) atoms. The van der Waals surface area contributed by atoms with Crippen molar-refractivity contribution >= 4 is 0 Å². The van der Waals surface area contributed by atoms with Crippen molar-refractivity contribution in [2.75, 3.05) is 0 Å². The van der Waals surface area contributed by atoms with E-state index < -0.39 is 5.60 Å². The highest BCUT2D eigenvalue weighted by molar-refractivity contribution is 5.23. The fourth-order valence-electron chi connectivity index (χ4n) is 1.20. The summed E-state index contributed by atoms with van der Waals surface area (Å²) in [5.41, 5.74) is 0.955. The van der Waals surface area contributed by atoms with Gasteiger partial charge >= 0.3 is 0 Å². The molecule has 0 radical (unpaired) electrons. The lowest BCUT2D eigenvalue weighted by molar-refractivity contribution is 0.109. The number of rotatable bonds is 2. The highest BCUT2D eigenvalue weighted by atomic mass is 16.3. The zero-order valence-corrected chi connectivity index (χ0v) is 7.66. The van der Waals surface area contributed by atoms with E-state index in [1.165, 1.54) is 0 Å². The third-order valence-electron chi connectivity index (χ3n) is 1.68. The summed E-state index contributed by atoms with van der Waals surface area (Å²) in [5.74, 6) is 0. The first-order valence-corrected chi connectivity index (χ1v) is 3.93. The number of hydrogen-bond donors (Lipinski definition) is 1. The van der Waals surface area contributed by atoms with Crippen LogP contribution in [-0.4, -0.2) is 5.11 Å². The van der Waals surface area contributed by atoms with Crippen LogP contribution in [0.3, 0.4) is 0 Å². The Morgan fingerprint density at radius 2 is 2.25 bits per heavy atom. The molecule has 0 aliphatic rings. The molecular formula is C10H14O2. The quantitative estimate of drug-likeness (QED) is 0.684. The summed E-state index contributed by atoms with van der Waals surface area (Å²) < 4.78 is 4.89. The lowest BCUT2D eigenvalue weighted by Crippen LogP contribution is -2.16. The summed E-state index contributed by atoms with van der Waals surface area (Å²) in [6, 6.07) is 1.76. The fraction of sp³-hybridized carbons (Fsp3) is 0.400. The van der Waals surface area contributed by atoms with E-state index in [4.69, 9.17) is 4.42 Å². The van der Waals surface area contributed by atoms with Gasteiger partial charge < -0.3 is 9.52 Å². The smallest absolute Gasteiger partial charge is 0.108 e. The van der Waals surface area contributed by atoms with E-state index in [2.05, 4.69) is 0 Å². The van der Waals surface area contributed by atoms with Crippen LogP contribution in [0.25, 0.3) is 0 Å². The maximum absolute atomic E-state index is 9.91. The lowest BCUT2D eigenvalue weighted by Gasteiger charge is -2.17. The summed E-state index contributed by atoms with van der Waals surface area (Å²) in [6.45, 7) is 5.65. The Bertz CT molecular complexity index is 264. The number of hydrogen-bond acceptors (Lipinski definition) is 2. The Balaban J connectivity index is 2.94. The summed E-state index contributed by atoms with van der Waals surface area (Å²) in [4.78, 5) is 0. The molecule has 1 rings (SSSR count). The van der Waals surface area contributed by atoms with Crippen LogP contribution in [0.4, 0.5) is 0 Å². The Kier molecular flexibility index (Phi) is 2.38. The van der Waals surface area contributed by atoms with Crippen molar-refractivity contribution in [3.8, 4) is 0 Å². The second-order valence-electron chi connectivity index (χ2n) is 3.38. The van der Waals surface area contributed by atoms with Crippen LogP contribution in [-0.2, 0) is 5.60 Å². The van der Waals surface area contributed by atoms with Gasteiger partial charge in [0.1, 0.15) is 5.60 Å². The number of allylic oxidation sites excluding steroid dienone is 1. The Morgan fingerprint density at radius 3 is 2.67 bits per heavy atom. The zero-order valence-electron chi connectivity index (χ0n) is 7.66. The number of aliphatic hydroxyl groups is 1. The monoisotopic (exact) mass is 166 g/mol. The average Bonchev–Trinajstić information content (AvgIpc) is 2.32. The maximum atomic E-state index is 9.91. The van der Waals surface area contributed by atoms with Gasteiger partial charge in [0.25, 0.3) is 0 Å². The van der Waals surface area contributed by atoms with Gasteiger partial charge in [-0.25, -0.2) is 0 Å².